The molecule has 0 aliphatic carbocycles. The largest absolute Gasteiger partial charge is 0.355 e. The van der Waals surface area contributed by atoms with Crippen LogP contribution in [0.15, 0.2) is 42.6 Å². The van der Waals surface area contributed by atoms with Gasteiger partial charge in [0.1, 0.15) is 5.82 Å². The van der Waals surface area contributed by atoms with Crippen molar-refractivity contribution in [2.45, 2.75) is 18.9 Å². The predicted molar refractivity (Wildman–Crippen MR) is 117 cm³/mol. The molecule has 1 atom stereocenters. The van der Waals surface area contributed by atoms with Crippen LogP contribution in [0.1, 0.15) is 34.8 Å². The maximum atomic E-state index is 14.8. The first kappa shape index (κ1) is 19.8. The lowest BCUT2D eigenvalue weighted by molar-refractivity contribution is 0.0963. The smallest absolute Gasteiger partial charge is 0.251 e. The fourth-order valence-corrected chi connectivity index (χ4v) is 4.89. The number of imidazole rings is 1. The van der Waals surface area contributed by atoms with Crippen molar-refractivity contribution in [1.82, 2.24) is 20.0 Å². The Bertz CT molecular complexity index is 1210. The summed E-state index contributed by atoms with van der Waals surface area (Å²) in [4.78, 5) is 17.2. The number of benzene rings is 2. The van der Waals surface area contributed by atoms with E-state index >= 15 is 0 Å². The molecule has 1 fully saturated rings. The third kappa shape index (κ3) is 3.39. The zero-order valence-corrected chi connectivity index (χ0v) is 17.4. The Labute approximate surface area is 177 Å². The number of thiazole rings is 1. The lowest BCUT2D eigenvalue weighted by atomic mass is 10.0. The van der Waals surface area contributed by atoms with Gasteiger partial charge in [-0.3, -0.25) is 9.20 Å². The molecule has 3 heterocycles. The Morgan fingerprint density at radius 1 is 1.31 bits per heavy atom. The molecular formula is C21H20ClFN4OS. The molecule has 1 aliphatic rings. The Morgan fingerprint density at radius 2 is 2.17 bits per heavy atom. The van der Waals surface area contributed by atoms with Crippen LogP contribution in [0.4, 0.5) is 4.39 Å². The molecule has 1 aliphatic heterocycles. The maximum Gasteiger partial charge on any atom is 0.251 e. The molecule has 2 N–H and O–H groups in total. The van der Waals surface area contributed by atoms with E-state index in [9.17, 15) is 9.18 Å². The summed E-state index contributed by atoms with van der Waals surface area (Å²) < 4.78 is 17.7. The van der Waals surface area contributed by atoms with Gasteiger partial charge in [0.2, 0.25) is 0 Å². The SMILES string of the molecule is CNC(=O)c1ccc2c(c1)sc1nc(-c3ccc(C4CCCN4)cc3F)cn12.Cl. The van der Waals surface area contributed by atoms with E-state index in [0.717, 1.165) is 40.1 Å². The van der Waals surface area contributed by atoms with Gasteiger partial charge in [-0.15, -0.1) is 12.4 Å². The molecule has 1 unspecified atom stereocenters. The van der Waals surface area contributed by atoms with Crippen molar-refractivity contribution in [2.75, 3.05) is 13.6 Å². The number of nitrogens with one attached hydrogen (secondary N) is 2. The highest BCUT2D eigenvalue weighted by Crippen LogP contribution is 2.32. The Morgan fingerprint density at radius 3 is 2.90 bits per heavy atom. The normalized spacial score (nSPS) is 16.3. The van der Waals surface area contributed by atoms with Gasteiger partial charge < -0.3 is 10.6 Å². The van der Waals surface area contributed by atoms with Gasteiger partial charge >= 0.3 is 0 Å². The van der Waals surface area contributed by atoms with Gasteiger partial charge in [0, 0.05) is 30.4 Å². The monoisotopic (exact) mass is 430 g/mol. The minimum atomic E-state index is -0.247. The summed E-state index contributed by atoms with van der Waals surface area (Å²) >= 11 is 1.49. The van der Waals surface area contributed by atoms with Crippen molar-refractivity contribution in [3.05, 3.63) is 59.5 Å². The second-order valence-electron chi connectivity index (χ2n) is 7.03. The minimum Gasteiger partial charge on any atom is -0.355 e. The van der Waals surface area contributed by atoms with E-state index in [0.29, 0.717) is 16.8 Å². The van der Waals surface area contributed by atoms with Crippen molar-refractivity contribution in [3.63, 3.8) is 0 Å². The highest BCUT2D eigenvalue weighted by Gasteiger charge is 2.19. The Kier molecular flexibility index (Phi) is 5.29. The number of halogens is 2. The topological polar surface area (TPSA) is 58.4 Å². The van der Waals surface area contributed by atoms with E-state index in [1.807, 2.05) is 34.9 Å². The van der Waals surface area contributed by atoms with Crippen molar-refractivity contribution in [2.24, 2.45) is 0 Å². The molecule has 0 saturated carbocycles. The number of amides is 1. The lowest BCUT2D eigenvalue weighted by Crippen LogP contribution is -2.17. The number of carbonyl (C=O) groups is 1. The highest BCUT2D eigenvalue weighted by molar-refractivity contribution is 7.23. The average molecular weight is 431 g/mol. The van der Waals surface area contributed by atoms with Crippen LogP contribution in [0, 0.1) is 5.82 Å². The molecule has 5 rings (SSSR count). The van der Waals surface area contributed by atoms with Crippen LogP contribution in [0.25, 0.3) is 26.4 Å². The molecule has 2 aromatic carbocycles. The number of carbonyl (C=O) groups excluding carboxylic acids is 1. The van der Waals surface area contributed by atoms with Gasteiger partial charge in [0.05, 0.1) is 15.9 Å². The lowest BCUT2D eigenvalue weighted by Gasteiger charge is -2.11. The maximum absolute atomic E-state index is 14.8. The van der Waals surface area contributed by atoms with Crippen molar-refractivity contribution in [1.29, 1.82) is 0 Å². The van der Waals surface area contributed by atoms with Gasteiger partial charge in [0.25, 0.3) is 5.91 Å². The van der Waals surface area contributed by atoms with Gasteiger partial charge in [-0.05, 0) is 55.3 Å². The predicted octanol–water partition coefficient (Wildman–Crippen LogP) is 4.56. The second kappa shape index (κ2) is 7.74. The van der Waals surface area contributed by atoms with Gasteiger partial charge in [-0.2, -0.15) is 0 Å². The summed E-state index contributed by atoms with van der Waals surface area (Å²) in [5, 5.41) is 6.03. The number of hydrogen-bond donors (Lipinski definition) is 2. The van der Waals surface area contributed by atoms with Crippen molar-refractivity contribution < 1.29 is 9.18 Å². The van der Waals surface area contributed by atoms with Crippen LogP contribution >= 0.6 is 23.7 Å². The molecule has 2 aromatic heterocycles. The summed E-state index contributed by atoms with van der Waals surface area (Å²) in [6.07, 6.45) is 4.03. The van der Waals surface area contributed by atoms with E-state index in [2.05, 4.69) is 15.6 Å². The van der Waals surface area contributed by atoms with Crippen molar-refractivity contribution in [3.8, 4) is 11.3 Å². The van der Waals surface area contributed by atoms with Crippen molar-refractivity contribution >= 4 is 44.8 Å². The van der Waals surface area contributed by atoms with E-state index in [1.54, 1.807) is 19.2 Å². The molecule has 1 amide bonds. The summed E-state index contributed by atoms with van der Waals surface area (Å²) in [5.41, 5.74) is 3.69. The quantitative estimate of drug-likeness (QED) is 0.501. The fourth-order valence-electron chi connectivity index (χ4n) is 3.84. The molecule has 150 valence electrons. The molecule has 0 bridgehead atoms. The molecule has 0 radical (unpaired) electrons. The molecule has 0 spiro atoms. The zero-order chi connectivity index (χ0) is 19.3. The molecule has 5 nitrogen and oxygen atoms in total. The number of fused-ring (bicyclic) bond motifs is 3. The van der Waals surface area contributed by atoms with E-state index in [4.69, 9.17) is 0 Å². The number of nitrogens with zero attached hydrogens (tertiary/aromatic N) is 2. The van der Waals surface area contributed by atoms with Gasteiger partial charge in [-0.1, -0.05) is 17.4 Å². The van der Waals surface area contributed by atoms with E-state index < -0.39 is 0 Å². The van der Waals surface area contributed by atoms with E-state index in [-0.39, 0.29) is 30.2 Å². The van der Waals surface area contributed by atoms with Crippen LogP contribution in [0.2, 0.25) is 0 Å². The fraction of sp³-hybridized carbons (Fsp3) is 0.238. The Hall–Kier alpha value is -2.48. The number of aromatic nitrogens is 2. The first-order valence-electron chi connectivity index (χ1n) is 9.31. The van der Waals surface area contributed by atoms with E-state index in [1.165, 1.54) is 11.3 Å². The van der Waals surface area contributed by atoms with Crippen LogP contribution < -0.4 is 10.6 Å². The first-order valence-corrected chi connectivity index (χ1v) is 10.1. The third-order valence-electron chi connectivity index (χ3n) is 5.32. The molecule has 8 heteroatoms. The van der Waals surface area contributed by atoms with Gasteiger partial charge in [0.15, 0.2) is 4.96 Å². The van der Waals surface area contributed by atoms with Gasteiger partial charge in [-0.25, -0.2) is 9.37 Å². The zero-order valence-electron chi connectivity index (χ0n) is 15.7. The molecule has 1 saturated heterocycles. The summed E-state index contributed by atoms with van der Waals surface area (Å²) in [6.45, 7) is 0.986. The minimum absolute atomic E-state index is 0. The standard InChI is InChI=1S/C21H19FN4OS.ClH/c1-23-20(27)13-5-7-18-19(10-13)28-21-25-17(11-26(18)21)14-6-4-12(9-15(14)22)16-3-2-8-24-16;/h4-7,9-11,16,24H,2-3,8H2,1H3,(H,23,27);1H. The average Bonchev–Trinajstić information content (AvgIpc) is 3.42. The molecular weight excluding hydrogens is 411 g/mol. The second-order valence-corrected chi connectivity index (χ2v) is 8.04. The number of rotatable bonds is 3. The summed E-state index contributed by atoms with van der Waals surface area (Å²) in [5.74, 6) is -0.365. The molecule has 29 heavy (non-hydrogen) atoms. The highest BCUT2D eigenvalue weighted by atomic mass is 35.5. The summed E-state index contributed by atoms with van der Waals surface area (Å²) in [6, 6.07) is 11.2. The first-order chi connectivity index (χ1) is 13.6. The van der Waals surface area contributed by atoms with Crippen LogP contribution in [-0.2, 0) is 0 Å². The molecule has 4 aromatic rings. The third-order valence-corrected chi connectivity index (χ3v) is 6.33. The Balaban J connectivity index is 0.00000205. The van der Waals surface area contributed by atoms with Crippen LogP contribution in [0.3, 0.4) is 0 Å². The van der Waals surface area contributed by atoms with Crippen LogP contribution in [-0.4, -0.2) is 28.9 Å². The van der Waals surface area contributed by atoms with Crippen LogP contribution in [0.5, 0.6) is 0 Å². The number of hydrogen-bond acceptors (Lipinski definition) is 4. The summed E-state index contributed by atoms with van der Waals surface area (Å²) in [7, 11) is 1.61.